The second-order valence-corrected chi connectivity index (χ2v) is 3.62. The fourth-order valence-corrected chi connectivity index (χ4v) is 1.16. The highest BCUT2D eigenvalue weighted by Crippen LogP contribution is 1.88. The van der Waals surface area contributed by atoms with Crippen molar-refractivity contribution in [2.75, 3.05) is 33.7 Å². The topological polar surface area (TPSA) is 15.3 Å². The van der Waals surface area contributed by atoms with Crippen molar-refractivity contribution in [2.45, 2.75) is 26.2 Å². The molecule has 0 amide bonds. The van der Waals surface area contributed by atoms with Crippen LogP contribution in [0.5, 0.6) is 0 Å². The second kappa shape index (κ2) is 9.75. The van der Waals surface area contributed by atoms with Crippen LogP contribution in [0.1, 0.15) is 26.2 Å². The van der Waals surface area contributed by atoms with Crippen LogP contribution < -0.4 is 5.32 Å². The molecule has 0 aromatic rings. The van der Waals surface area contributed by atoms with Crippen molar-refractivity contribution in [1.29, 1.82) is 0 Å². The molecule has 0 aliphatic carbocycles. The van der Waals surface area contributed by atoms with Crippen LogP contribution >= 0.6 is 0 Å². The summed E-state index contributed by atoms with van der Waals surface area (Å²) in [5.74, 6) is 0. The summed E-state index contributed by atoms with van der Waals surface area (Å²) in [4.78, 5) is 2.22. The normalized spacial score (nSPS) is 11.7. The molecule has 0 fully saturated rings. The average Bonchev–Trinajstić information content (AvgIpc) is 2.09. The largest absolute Gasteiger partial charge is 0.317 e. The number of nitrogens with one attached hydrogen (secondary N) is 1. The molecule has 78 valence electrons. The van der Waals surface area contributed by atoms with E-state index in [9.17, 15) is 0 Å². The first-order valence-electron chi connectivity index (χ1n) is 5.24. The molecular formula is C11H24N2. The highest BCUT2D eigenvalue weighted by atomic mass is 15.0. The number of hydrogen-bond acceptors (Lipinski definition) is 2. The van der Waals surface area contributed by atoms with Gasteiger partial charge >= 0.3 is 0 Å². The fourth-order valence-electron chi connectivity index (χ4n) is 1.16. The van der Waals surface area contributed by atoms with Gasteiger partial charge in [0.1, 0.15) is 0 Å². The van der Waals surface area contributed by atoms with E-state index in [1.54, 1.807) is 0 Å². The molecule has 2 nitrogen and oxygen atoms in total. The minimum absolute atomic E-state index is 1.15. The highest BCUT2D eigenvalue weighted by molar-refractivity contribution is 4.76. The monoisotopic (exact) mass is 184 g/mol. The van der Waals surface area contributed by atoms with Gasteiger partial charge in [-0.15, -0.1) is 0 Å². The Labute approximate surface area is 83.0 Å². The van der Waals surface area contributed by atoms with Gasteiger partial charge in [0.2, 0.25) is 0 Å². The van der Waals surface area contributed by atoms with Gasteiger partial charge in [0.15, 0.2) is 0 Å². The van der Waals surface area contributed by atoms with E-state index in [1.807, 2.05) is 0 Å². The molecule has 0 saturated carbocycles. The molecule has 0 unspecified atom stereocenters. The van der Waals surface area contributed by atoms with Crippen LogP contribution in [0.25, 0.3) is 0 Å². The number of allylic oxidation sites excluding steroid dienone is 2. The number of nitrogens with zero attached hydrogens (tertiary/aromatic N) is 1. The molecule has 0 aromatic carbocycles. The summed E-state index contributed by atoms with van der Waals surface area (Å²) in [6.07, 6.45) is 8.05. The van der Waals surface area contributed by atoms with Crippen LogP contribution in [0, 0.1) is 0 Å². The Kier molecular flexibility index (Phi) is 9.49. The SMILES string of the molecule is C/C=C\CCCNCCCN(C)C. The molecule has 0 saturated heterocycles. The lowest BCUT2D eigenvalue weighted by Gasteiger charge is -2.09. The van der Waals surface area contributed by atoms with E-state index in [0.717, 1.165) is 13.1 Å². The number of hydrogen-bond donors (Lipinski definition) is 1. The summed E-state index contributed by atoms with van der Waals surface area (Å²) in [6.45, 7) is 5.55. The van der Waals surface area contributed by atoms with Gasteiger partial charge in [0, 0.05) is 0 Å². The van der Waals surface area contributed by atoms with E-state index in [1.165, 1.54) is 25.8 Å². The summed E-state index contributed by atoms with van der Waals surface area (Å²) in [5, 5.41) is 3.44. The van der Waals surface area contributed by atoms with Crippen LogP contribution in [-0.4, -0.2) is 38.6 Å². The molecule has 0 heterocycles. The minimum atomic E-state index is 1.15. The van der Waals surface area contributed by atoms with E-state index in [2.05, 4.69) is 43.4 Å². The van der Waals surface area contributed by atoms with Crippen LogP contribution in [0.2, 0.25) is 0 Å². The maximum atomic E-state index is 3.44. The van der Waals surface area contributed by atoms with E-state index >= 15 is 0 Å². The van der Waals surface area contributed by atoms with E-state index in [-0.39, 0.29) is 0 Å². The molecule has 0 aliphatic heterocycles. The lowest BCUT2D eigenvalue weighted by Crippen LogP contribution is -2.21. The Bertz CT molecular complexity index is 119. The number of unbranched alkanes of at least 4 members (excludes halogenated alkanes) is 1. The van der Waals surface area contributed by atoms with Gasteiger partial charge in [-0.2, -0.15) is 0 Å². The molecule has 0 atom stereocenters. The Balaban J connectivity index is 2.91. The van der Waals surface area contributed by atoms with Crippen LogP contribution in [0.4, 0.5) is 0 Å². The molecule has 0 spiro atoms. The predicted octanol–water partition coefficient (Wildman–Crippen LogP) is 1.88. The highest BCUT2D eigenvalue weighted by Gasteiger charge is 1.89. The van der Waals surface area contributed by atoms with Gasteiger partial charge in [-0.05, 0) is 59.9 Å². The van der Waals surface area contributed by atoms with Gasteiger partial charge in [-0.3, -0.25) is 0 Å². The molecule has 0 bridgehead atoms. The first kappa shape index (κ1) is 12.7. The third-order valence-corrected chi connectivity index (χ3v) is 1.92. The maximum absolute atomic E-state index is 3.44. The summed E-state index contributed by atoms with van der Waals surface area (Å²) in [5.41, 5.74) is 0. The van der Waals surface area contributed by atoms with Gasteiger partial charge in [0.25, 0.3) is 0 Å². The van der Waals surface area contributed by atoms with Gasteiger partial charge in [0.05, 0.1) is 0 Å². The van der Waals surface area contributed by atoms with Crippen molar-refractivity contribution in [3.8, 4) is 0 Å². The van der Waals surface area contributed by atoms with E-state index < -0.39 is 0 Å². The van der Waals surface area contributed by atoms with Crippen molar-refractivity contribution in [2.24, 2.45) is 0 Å². The van der Waals surface area contributed by atoms with Gasteiger partial charge in [-0.25, -0.2) is 0 Å². The number of rotatable bonds is 8. The van der Waals surface area contributed by atoms with Crippen LogP contribution in [-0.2, 0) is 0 Å². The molecule has 1 N–H and O–H groups in total. The molecule has 13 heavy (non-hydrogen) atoms. The smallest absolute Gasteiger partial charge is 0.00127 e. The molecule has 0 aliphatic rings. The Morgan fingerprint density at radius 1 is 1.15 bits per heavy atom. The standard InChI is InChI=1S/C11H24N2/c1-4-5-6-7-9-12-10-8-11-13(2)3/h4-5,12H,6-11H2,1-3H3/b5-4-. The van der Waals surface area contributed by atoms with Crippen LogP contribution in [0.3, 0.4) is 0 Å². The summed E-state index contributed by atoms with van der Waals surface area (Å²) < 4.78 is 0. The summed E-state index contributed by atoms with van der Waals surface area (Å²) in [7, 11) is 4.23. The Morgan fingerprint density at radius 3 is 2.46 bits per heavy atom. The first-order chi connectivity index (χ1) is 6.27. The first-order valence-corrected chi connectivity index (χ1v) is 5.24. The summed E-state index contributed by atoms with van der Waals surface area (Å²) in [6, 6.07) is 0. The summed E-state index contributed by atoms with van der Waals surface area (Å²) >= 11 is 0. The van der Waals surface area contributed by atoms with Crippen molar-refractivity contribution in [3.05, 3.63) is 12.2 Å². The van der Waals surface area contributed by atoms with Gasteiger partial charge in [-0.1, -0.05) is 12.2 Å². The minimum Gasteiger partial charge on any atom is -0.317 e. The molecule has 2 heteroatoms. The maximum Gasteiger partial charge on any atom is -0.00127 e. The van der Waals surface area contributed by atoms with Crippen molar-refractivity contribution in [1.82, 2.24) is 10.2 Å². The zero-order valence-corrected chi connectivity index (χ0v) is 9.34. The molecular weight excluding hydrogens is 160 g/mol. The van der Waals surface area contributed by atoms with E-state index in [4.69, 9.17) is 0 Å². The molecule has 0 radical (unpaired) electrons. The quantitative estimate of drug-likeness (QED) is 0.458. The lowest BCUT2D eigenvalue weighted by atomic mass is 10.3. The lowest BCUT2D eigenvalue weighted by molar-refractivity contribution is 0.394. The molecule has 0 aromatic heterocycles. The van der Waals surface area contributed by atoms with Crippen LogP contribution in [0.15, 0.2) is 12.2 Å². The molecule has 0 rings (SSSR count). The fraction of sp³-hybridized carbons (Fsp3) is 0.818. The van der Waals surface area contributed by atoms with Gasteiger partial charge < -0.3 is 10.2 Å². The predicted molar refractivity (Wildman–Crippen MR) is 60.1 cm³/mol. The van der Waals surface area contributed by atoms with Crippen molar-refractivity contribution < 1.29 is 0 Å². The van der Waals surface area contributed by atoms with E-state index in [0.29, 0.717) is 0 Å². The average molecular weight is 184 g/mol. The van der Waals surface area contributed by atoms with Crippen molar-refractivity contribution >= 4 is 0 Å². The zero-order valence-electron chi connectivity index (χ0n) is 9.34. The third kappa shape index (κ3) is 11.7. The Hall–Kier alpha value is -0.340. The van der Waals surface area contributed by atoms with Crippen molar-refractivity contribution in [3.63, 3.8) is 0 Å². The zero-order chi connectivity index (χ0) is 9.94. The third-order valence-electron chi connectivity index (χ3n) is 1.92. The second-order valence-electron chi connectivity index (χ2n) is 3.62. The Morgan fingerprint density at radius 2 is 1.85 bits per heavy atom.